The van der Waals surface area contributed by atoms with Gasteiger partial charge in [0, 0.05) is 11.3 Å². The standard InChI is InChI=1S/C19H20N2OS/c1-13-8-10-16(11-9-13)19-21-20-18(22-19)15(3)23-12-17-7-5-4-6-14(17)2/h4-11,15H,12H2,1-3H3. The van der Waals surface area contributed by atoms with E-state index in [4.69, 9.17) is 4.42 Å². The van der Waals surface area contributed by atoms with Gasteiger partial charge in [-0.2, -0.15) is 0 Å². The van der Waals surface area contributed by atoms with Crippen molar-refractivity contribution in [3.63, 3.8) is 0 Å². The molecule has 0 amide bonds. The van der Waals surface area contributed by atoms with E-state index >= 15 is 0 Å². The Labute approximate surface area is 141 Å². The molecule has 1 unspecified atom stereocenters. The summed E-state index contributed by atoms with van der Waals surface area (Å²) in [5, 5.41) is 8.56. The van der Waals surface area contributed by atoms with E-state index in [9.17, 15) is 0 Å². The Kier molecular flexibility index (Phi) is 4.82. The summed E-state index contributed by atoms with van der Waals surface area (Å²) < 4.78 is 5.85. The summed E-state index contributed by atoms with van der Waals surface area (Å²) in [6.45, 7) is 6.31. The summed E-state index contributed by atoms with van der Waals surface area (Å²) in [7, 11) is 0. The molecule has 0 fully saturated rings. The number of benzene rings is 2. The number of hydrogen-bond acceptors (Lipinski definition) is 4. The van der Waals surface area contributed by atoms with E-state index in [0.29, 0.717) is 11.8 Å². The molecule has 3 nitrogen and oxygen atoms in total. The minimum Gasteiger partial charge on any atom is -0.420 e. The Morgan fingerprint density at radius 1 is 1.00 bits per heavy atom. The lowest BCUT2D eigenvalue weighted by Gasteiger charge is -2.08. The lowest BCUT2D eigenvalue weighted by atomic mass is 10.1. The molecule has 1 atom stereocenters. The second-order valence-corrected chi connectivity index (χ2v) is 7.02. The first kappa shape index (κ1) is 15.8. The third-order valence-corrected chi connectivity index (χ3v) is 5.02. The van der Waals surface area contributed by atoms with Crippen molar-refractivity contribution in [2.45, 2.75) is 31.8 Å². The van der Waals surface area contributed by atoms with E-state index in [1.54, 1.807) is 0 Å². The summed E-state index contributed by atoms with van der Waals surface area (Å²) >= 11 is 1.81. The molecule has 3 rings (SSSR count). The van der Waals surface area contributed by atoms with Crippen LogP contribution in [0.5, 0.6) is 0 Å². The lowest BCUT2D eigenvalue weighted by molar-refractivity contribution is 0.509. The van der Waals surface area contributed by atoms with Gasteiger partial charge in [0.25, 0.3) is 0 Å². The smallest absolute Gasteiger partial charge is 0.247 e. The van der Waals surface area contributed by atoms with Crippen LogP contribution in [-0.2, 0) is 5.75 Å². The number of aromatic nitrogens is 2. The van der Waals surface area contributed by atoms with Crippen molar-refractivity contribution in [3.05, 3.63) is 71.1 Å². The minimum atomic E-state index is 0.168. The van der Waals surface area contributed by atoms with E-state index in [-0.39, 0.29) is 5.25 Å². The normalized spacial score (nSPS) is 12.3. The molecule has 23 heavy (non-hydrogen) atoms. The molecule has 0 aliphatic heterocycles. The molecule has 118 valence electrons. The monoisotopic (exact) mass is 324 g/mol. The van der Waals surface area contributed by atoms with E-state index in [2.05, 4.69) is 67.4 Å². The predicted molar refractivity (Wildman–Crippen MR) is 95.4 cm³/mol. The van der Waals surface area contributed by atoms with Gasteiger partial charge in [-0.05, 0) is 44.0 Å². The number of thioether (sulfide) groups is 1. The van der Waals surface area contributed by atoms with Gasteiger partial charge in [0.1, 0.15) is 0 Å². The molecule has 0 aliphatic carbocycles. The topological polar surface area (TPSA) is 38.9 Å². The minimum absolute atomic E-state index is 0.168. The van der Waals surface area contributed by atoms with E-state index in [1.807, 2.05) is 23.9 Å². The summed E-state index contributed by atoms with van der Waals surface area (Å²) in [6, 6.07) is 16.6. The molecule has 0 saturated carbocycles. The van der Waals surface area contributed by atoms with Crippen molar-refractivity contribution >= 4 is 11.8 Å². The molecule has 2 aromatic carbocycles. The number of hydrogen-bond donors (Lipinski definition) is 0. The first-order chi connectivity index (χ1) is 11.1. The van der Waals surface area contributed by atoms with Crippen LogP contribution in [0, 0.1) is 13.8 Å². The molecule has 0 spiro atoms. The Hall–Kier alpha value is -2.07. The SMILES string of the molecule is Cc1ccc(-c2nnc(C(C)SCc3ccccc3C)o2)cc1. The van der Waals surface area contributed by atoms with Gasteiger partial charge in [0.2, 0.25) is 11.8 Å². The van der Waals surface area contributed by atoms with Crippen molar-refractivity contribution in [3.8, 4) is 11.5 Å². The van der Waals surface area contributed by atoms with Gasteiger partial charge >= 0.3 is 0 Å². The average Bonchev–Trinajstić information content (AvgIpc) is 3.04. The largest absolute Gasteiger partial charge is 0.420 e. The summed E-state index contributed by atoms with van der Waals surface area (Å²) in [6.07, 6.45) is 0. The molecular formula is C19H20N2OS. The van der Waals surface area contributed by atoms with E-state index < -0.39 is 0 Å². The van der Waals surface area contributed by atoms with Crippen LogP contribution in [0.3, 0.4) is 0 Å². The fourth-order valence-corrected chi connectivity index (χ4v) is 3.26. The highest BCUT2D eigenvalue weighted by molar-refractivity contribution is 7.98. The van der Waals surface area contributed by atoms with Crippen LogP contribution in [-0.4, -0.2) is 10.2 Å². The zero-order valence-corrected chi connectivity index (χ0v) is 14.4. The number of aryl methyl sites for hydroxylation is 2. The molecule has 0 bridgehead atoms. The highest BCUT2D eigenvalue weighted by Gasteiger charge is 2.15. The summed E-state index contributed by atoms with van der Waals surface area (Å²) in [5.41, 5.74) is 4.85. The molecule has 0 aliphatic rings. The lowest BCUT2D eigenvalue weighted by Crippen LogP contribution is -1.92. The fourth-order valence-electron chi connectivity index (χ4n) is 2.27. The van der Waals surface area contributed by atoms with Gasteiger partial charge in [0.05, 0.1) is 5.25 Å². The van der Waals surface area contributed by atoms with Crippen molar-refractivity contribution in [1.29, 1.82) is 0 Å². The van der Waals surface area contributed by atoms with Crippen LogP contribution in [0.2, 0.25) is 0 Å². The molecule has 0 saturated heterocycles. The third-order valence-electron chi connectivity index (χ3n) is 3.84. The maximum absolute atomic E-state index is 5.85. The van der Waals surface area contributed by atoms with Gasteiger partial charge in [-0.25, -0.2) is 0 Å². The second-order valence-electron chi connectivity index (χ2n) is 5.69. The number of rotatable bonds is 5. The van der Waals surface area contributed by atoms with Crippen LogP contribution < -0.4 is 0 Å². The Bertz CT molecular complexity index is 780. The van der Waals surface area contributed by atoms with Crippen molar-refractivity contribution in [2.24, 2.45) is 0 Å². The Balaban J connectivity index is 1.67. The van der Waals surface area contributed by atoms with Gasteiger partial charge in [-0.15, -0.1) is 22.0 Å². The first-order valence-corrected chi connectivity index (χ1v) is 8.75. The van der Waals surface area contributed by atoms with Crippen molar-refractivity contribution in [2.75, 3.05) is 0 Å². The van der Waals surface area contributed by atoms with Crippen LogP contribution in [0.1, 0.15) is 34.8 Å². The first-order valence-electron chi connectivity index (χ1n) is 7.70. The van der Waals surface area contributed by atoms with Gasteiger partial charge in [-0.3, -0.25) is 0 Å². The maximum atomic E-state index is 5.85. The van der Waals surface area contributed by atoms with Crippen molar-refractivity contribution < 1.29 is 4.42 Å². The van der Waals surface area contributed by atoms with Crippen LogP contribution in [0.15, 0.2) is 52.9 Å². The third kappa shape index (κ3) is 3.82. The molecule has 0 N–H and O–H groups in total. The Morgan fingerprint density at radius 3 is 2.48 bits per heavy atom. The zero-order valence-electron chi connectivity index (χ0n) is 13.6. The Morgan fingerprint density at radius 2 is 1.74 bits per heavy atom. The quantitative estimate of drug-likeness (QED) is 0.634. The highest BCUT2D eigenvalue weighted by atomic mass is 32.2. The second kappa shape index (κ2) is 7.01. The zero-order chi connectivity index (χ0) is 16.2. The van der Waals surface area contributed by atoms with Gasteiger partial charge < -0.3 is 4.42 Å². The number of nitrogens with zero attached hydrogens (tertiary/aromatic N) is 2. The van der Waals surface area contributed by atoms with Gasteiger partial charge in [-0.1, -0.05) is 42.0 Å². The molecule has 3 aromatic rings. The van der Waals surface area contributed by atoms with E-state index in [1.165, 1.54) is 16.7 Å². The molecule has 0 radical (unpaired) electrons. The fraction of sp³-hybridized carbons (Fsp3) is 0.263. The van der Waals surface area contributed by atoms with Crippen molar-refractivity contribution in [1.82, 2.24) is 10.2 Å². The maximum Gasteiger partial charge on any atom is 0.247 e. The summed E-state index contributed by atoms with van der Waals surface area (Å²) in [4.78, 5) is 0. The van der Waals surface area contributed by atoms with Crippen LogP contribution >= 0.6 is 11.8 Å². The molecular weight excluding hydrogens is 304 g/mol. The average molecular weight is 324 g/mol. The predicted octanol–water partition coefficient (Wildman–Crippen LogP) is 5.35. The molecule has 1 aromatic heterocycles. The van der Waals surface area contributed by atoms with Crippen LogP contribution in [0.4, 0.5) is 0 Å². The van der Waals surface area contributed by atoms with E-state index in [0.717, 1.165) is 11.3 Å². The van der Waals surface area contributed by atoms with Crippen LogP contribution in [0.25, 0.3) is 11.5 Å². The molecule has 4 heteroatoms. The summed E-state index contributed by atoms with van der Waals surface area (Å²) in [5.74, 6) is 2.21. The molecule has 1 heterocycles. The highest BCUT2D eigenvalue weighted by Crippen LogP contribution is 2.32. The van der Waals surface area contributed by atoms with Gasteiger partial charge in [0.15, 0.2) is 0 Å².